The Bertz CT molecular complexity index is 962. The van der Waals surface area contributed by atoms with Crippen molar-refractivity contribution >= 4 is 17.5 Å². The fourth-order valence-corrected chi connectivity index (χ4v) is 2.36. The van der Waals surface area contributed by atoms with Gasteiger partial charge in [-0.15, -0.1) is 10.2 Å². The van der Waals surface area contributed by atoms with Crippen LogP contribution in [0.15, 0.2) is 42.5 Å². The van der Waals surface area contributed by atoms with Gasteiger partial charge in [0.2, 0.25) is 17.6 Å². The molecule has 0 spiro atoms. The summed E-state index contributed by atoms with van der Waals surface area (Å²) in [6.45, 7) is 3.94. The number of aryl methyl sites for hydroxylation is 2. The molecule has 2 amide bonds. The standard InChI is InChI=1S/C18H18N6O2/c1-11-3-8-15(9-12(11)2)20-16(25)10-24-22-18(21-23-24)14-6-4-13(5-7-14)17(19)26/h3-9H,10H2,1-2H3,(H2,19,26)(H,20,25). The van der Waals surface area contributed by atoms with Crippen LogP contribution in [-0.2, 0) is 11.3 Å². The first-order valence-electron chi connectivity index (χ1n) is 7.97. The van der Waals surface area contributed by atoms with Gasteiger partial charge in [0.1, 0.15) is 6.54 Å². The lowest BCUT2D eigenvalue weighted by Crippen LogP contribution is -2.20. The van der Waals surface area contributed by atoms with Crippen molar-refractivity contribution in [1.29, 1.82) is 0 Å². The fraction of sp³-hybridized carbons (Fsp3) is 0.167. The van der Waals surface area contributed by atoms with Crippen LogP contribution in [0.5, 0.6) is 0 Å². The van der Waals surface area contributed by atoms with E-state index >= 15 is 0 Å². The maximum Gasteiger partial charge on any atom is 0.248 e. The highest BCUT2D eigenvalue weighted by Gasteiger charge is 2.10. The topological polar surface area (TPSA) is 116 Å². The summed E-state index contributed by atoms with van der Waals surface area (Å²) in [4.78, 5) is 24.5. The largest absolute Gasteiger partial charge is 0.366 e. The smallest absolute Gasteiger partial charge is 0.248 e. The number of rotatable bonds is 5. The van der Waals surface area contributed by atoms with Gasteiger partial charge in [0.05, 0.1) is 0 Å². The average molecular weight is 350 g/mol. The van der Waals surface area contributed by atoms with E-state index in [2.05, 4.69) is 20.7 Å². The quantitative estimate of drug-likeness (QED) is 0.726. The van der Waals surface area contributed by atoms with Crippen molar-refractivity contribution in [2.75, 3.05) is 5.32 Å². The summed E-state index contributed by atoms with van der Waals surface area (Å²) < 4.78 is 0. The Morgan fingerprint density at radius 2 is 1.81 bits per heavy atom. The summed E-state index contributed by atoms with van der Waals surface area (Å²) in [5.74, 6) is -0.391. The van der Waals surface area contributed by atoms with Crippen molar-refractivity contribution in [2.45, 2.75) is 20.4 Å². The molecule has 0 aliphatic carbocycles. The predicted octanol–water partition coefficient (Wildman–Crippen LogP) is 1.69. The zero-order valence-electron chi connectivity index (χ0n) is 14.4. The fourth-order valence-electron chi connectivity index (χ4n) is 2.36. The van der Waals surface area contributed by atoms with Gasteiger partial charge >= 0.3 is 0 Å². The molecule has 0 bridgehead atoms. The number of amides is 2. The van der Waals surface area contributed by atoms with E-state index in [1.165, 1.54) is 4.80 Å². The Balaban J connectivity index is 1.66. The second-order valence-corrected chi connectivity index (χ2v) is 5.93. The number of anilines is 1. The molecule has 26 heavy (non-hydrogen) atoms. The Morgan fingerprint density at radius 3 is 2.46 bits per heavy atom. The van der Waals surface area contributed by atoms with Crippen LogP contribution < -0.4 is 11.1 Å². The molecule has 132 valence electrons. The van der Waals surface area contributed by atoms with E-state index in [9.17, 15) is 9.59 Å². The summed E-state index contributed by atoms with van der Waals surface area (Å²) in [7, 11) is 0. The molecule has 0 unspecified atom stereocenters. The Labute approximate surface area is 150 Å². The average Bonchev–Trinajstić information content (AvgIpc) is 3.06. The molecule has 2 aromatic carbocycles. The lowest BCUT2D eigenvalue weighted by molar-refractivity contribution is -0.117. The molecular formula is C18H18N6O2. The Hall–Kier alpha value is -3.55. The SMILES string of the molecule is Cc1ccc(NC(=O)Cn2nnc(-c3ccc(C(N)=O)cc3)n2)cc1C. The Morgan fingerprint density at radius 1 is 1.08 bits per heavy atom. The van der Waals surface area contributed by atoms with Gasteiger partial charge in [-0.25, -0.2) is 0 Å². The van der Waals surface area contributed by atoms with Crippen LogP contribution in [0.2, 0.25) is 0 Å². The summed E-state index contributed by atoms with van der Waals surface area (Å²) in [5.41, 5.74) is 9.27. The third-order valence-electron chi connectivity index (χ3n) is 3.96. The number of nitrogens with two attached hydrogens (primary N) is 1. The number of primary amides is 1. The molecule has 0 atom stereocenters. The van der Waals surface area contributed by atoms with E-state index in [1.54, 1.807) is 24.3 Å². The van der Waals surface area contributed by atoms with Crippen LogP contribution in [0, 0.1) is 13.8 Å². The van der Waals surface area contributed by atoms with Gasteiger partial charge in [0, 0.05) is 16.8 Å². The van der Waals surface area contributed by atoms with Gasteiger partial charge in [-0.2, -0.15) is 4.80 Å². The number of nitrogens with zero attached hydrogens (tertiary/aromatic N) is 4. The van der Waals surface area contributed by atoms with E-state index in [1.807, 2.05) is 32.0 Å². The number of carbonyl (C=O) groups excluding carboxylic acids is 2. The first kappa shape index (κ1) is 17.3. The molecule has 0 aliphatic rings. The predicted molar refractivity (Wildman–Crippen MR) is 96.3 cm³/mol. The summed E-state index contributed by atoms with van der Waals surface area (Å²) >= 11 is 0. The molecule has 3 N–H and O–H groups in total. The van der Waals surface area contributed by atoms with Crippen molar-refractivity contribution in [3.05, 3.63) is 59.2 Å². The molecule has 1 heterocycles. The second-order valence-electron chi connectivity index (χ2n) is 5.93. The van der Waals surface area contributed by atoms with Crippen LogP contribution in [0.25, 0.3) is 11.4 Å². The number of tetrazole rings is 1. The molecule has 8 heteroatoms. The number of nitrogens with one attached hydrogen (secondary N) is 1. The highest BCUT2D eigenvalue weighted by molar-refractivity contribution is 5.93. The molecule has 3 rings (SSSR count). The third-order valence-corrected chi connectivity index (χ3v) is 3.96. The minimum Gasteiger partial charge on any atom is -0.366 e. The van der Waals surface area contributed by atoms with Gasteiger partial charge in [-0.1, -0.05) is 18.2 Å². The van der Waals surface area contributed by atoms with Crippen LogP contribution in [0.3, 0.4) is 0 Å². The maximum absolute atomic E-state index is 12.2. The summed E-state index contributed by atoms with van der Waals surface area (Å²) in [6.07, 6.45) is 0. The first-order chi connectivity index (χ1) is 12.4. The summed E-state index contributed by atoms with van der Waals surface area (Å²) in [5, 5.41) is 14.8. The Kier molecular flexibility index (Phi) is 4.74. The molecule has 0 saturated carbocycles. The molecule has 0 aliphatic heterocycles. The molecule has 1 aromatic heterocycles. The van der Waals surface area contributed by atoms with E-state index in [0.717, 1.165) is 16.8 Å². The van der Waals surface area contributed by atoms with Crippen molar-refractivity contribution < 1.29 is 9.59 Å². The van der Waals surface area contributed by atoms with E-state index in [0.29, 0.717) is 17.0 Å². The van der Waals surface area contributed by atoms with Crippen LogP contribution >= 0.6 is 0 Å². The summed E-state index contributed by atoms with van der Waals surface area (Å²) in [6, 6.07) is 12.2. The zero-order valence-corrected chi connectivity index (χ0v) is 14.4. The van der Waals surface area contributed by atoms with Gasteiger partial charge in [-0.05, 0) is 54.5 Å². The van der Waals surface area contributed by atoms with Crippen molar-refractivity contribution in [2.24, 2.45) is 5.73 Å². The minimum atomic E-state index is -0.504. The minimum absolute atomic E-state index is 0.0563. The molecular weight excluding hydrogens is 332 g/mol. The van der Waals surface area contributed by atoms with Crippen molar-refractivity contribution in [3.63, 3.8) is 0 Å². The van der Waals surface area contributed by atoms with Crippen LogP contribution in [0.4, 0.5) is 5.69 Å². The number of hydrogen-bond donors (Lipinski definition) is 2. The molecule has 8 nitrogen and oxygen atoms in total. The second kappa shape index (κ2) is 7.14. The van der Waals surface area contributed by atoms with E-state index in [4.69, 9.17) is 5.73 Å². The van der Waals surface area contributed by atoms with Gasteiger partial charge in [-0.3, -0.25) is 9.59 Å². The number of carbonyl (C=O) groups is 2. The third kappa shape index (κ3) is 3.92. The number of benzene rings is 2. The van der Waals surface area contributed by atoms with E-state index < -0.39 is 5.91 Å². The molecule has 0 fully saturated rings. The van der Waals surface area contributed by atoms with Gasteiger partial charge in [0.15, 0.2) is 0 Å². The maximum atomic E-state index is 12.2. The highest BCUT2D eigenvalue weighted by atomic mass is 16.2. The van der Waals surface area contributed by atoms with Crippen LogP contribution in [0.1, 0.15) is 21.5 Å². The monoisotopic (exact) mass is 350 g/mol. The van der Waals surface area contributed by atoms with Gasteiger partial charge < -0.3 is 11.1 Å². The molecule has 0 saturated heterocycles. The first-order valence-corrected chi connectivity index (χ1v) is 7.97. The molecule has 3 aromatic rings. The lowest BCUT2D eigenvalue weighted by atomic mass is 10.1. The molecule has 0 radical (unpaired) electrons. The number of hydrogen-bond acceptors (Lipinski definition) is 5. The van der Waals surface area contributed by atoms with Crippen molar-refractivity contribution in [1.82, 2.24) is 20.2 Å². The number of aromatic nitrogens is 4. The van der Waals surface area contributed by atoms with Crippen LogP contribution in [-0.4, -0.2) is 32.0 Å². The van der Waals surface area contributed by atoms with E-state index in [-0.39, 0.29) is 12.5 Å². The van der Waals surface area contributed by atoms with Crippen molar-refractivity contribution in [3.8, 4) is 11.4 Å². The normalized spacial score (nSPS) is 10.5. The highest BCUT2D eigenvalue weighted by Crippen LogP contribution is 2.15. The van der Waals surface area contributed by atoms with Gasteiger partial charge in [0.25, 0.3) is 0 Å². The zero-order chi connectivity index (χ0) is 18.7. The lowest BCUT2D eigenvalue weighted by Gasteiger charge is -2.07.